The number of hydrogen-bond donors (Lipinski definition) is 0. The maximum atomic E-state index is 5.14. The second-order valence-electron chi connectivity index (χ2n) is 19.9. The Hall–Kier alpha value is -10.1. The minimum absolute atomic E-state index is 0.0948. The smallest absolute Gasteiger partial charge is 0.247 e. The third-order valence-corrected chi connectivity index (χ3v) is 15.7. The Kier molecular flexibility index (Phi) is 10.4. The van der Waals surface area contributed by atoms with Gasteiger partial charge in [0.05, 0.1) is 33.9 Å². The molecule has 0 radical (unpaired) electrons. The van der Waals surface area contributed by atoms with Crippen LogP contribution in [-0.4, -0.2) is 21.7 Å². The van der Waals surface area contributed by atoms with E-state index in [-0.39, 0.29) is 6.71 Å². The van der Waals surface area contributed by atoms with Gasteiger partial charge in [-0.25, -0.2) is 15.0 Å². The van der Waals surface area contributed by atoms with E-state index in [1.54, 1.807) is 0 Å². The number of aromatic nitrogens is 3. The lowest BCUT2D eigenvalue weighted by atomic mass is 9.29. The molecule has 0 amide bonds. The molecule has 11 aromatic carbocycles. The first-order valence-corrected chi connectivity index (χ1v) is 26.3. The van der Waals surface area contributed by atoms with Crippen molar-refractivity contribution in [3.63, 3.8) is 0 Å². The Balaban J connectivity index is 1.06. The number of benzene rings is 11. The van der Waals surface area contributed by atoms with Gasteiger partial charge in [-0.05, 0) is 106 Å². The van der Waals surface area contributed by atoms with Crippen LogP contribution in [0.4, 0.5) is 51.2 Å². The molecule has 0 fully saturated rings. The van der Waals surface area contributed by atoms with Crippen LogP contribution in [0.15, 0.2) is 285 Å². The van der Waals surface area contributed by atoms with Crippen LogP contribution in [-0.2, 0) is 5.41 Å². The van der Waals surface area contributed by atoms with E-state index < -0.39 is 5.41 Å². The van der Waals surface area contributed by atoms with Crippen LogP contribution in [0.5, 0.6) is 0 Å². The predicted molar refractivity (Wildman–Crippen MR) is 317 cm³/mol. The molecule has 0 bridgehead atoms. The summed E-state index contributed by atoms with van der Waals surface area (Å²) in [4.78, 5) is 22.8. The van der Waals surface area contributed by atoms with Crippen molar-refractivity contribution in [2.45, 2.75) is 5.41 Å². The lowest BCUT2D eigenvalue weighted by Crippen LogP contribution is -2.65. The highest BCUT2D eigenvalue weighted by atomic mass is 15.3. The summed E-state index contributed by atoms with van der Waals surface area (Å²) in [7, 11) is 0. The van der Waals surface area contributed by atoms with E-state index in [4.69, 9.17) is 15.0 Å². The van der Waals surface area contributed by atoms with Crippen LogP contribution < -0.4 is 31.1 Å². The Morgan fingerprint density at radius 3 is 1.21 bits per heavy atom. The summed E-state index contributed by atoms with van der Waals surface area (Å²) in [5.41, 5.74) is 20.5. The second-order valence-corrected chi connectivity index (χ2v) is 19.9. The number of fused-ring (bicyclic) bond motifs is 7. The fourth-order valence-corrected chi connectivity index (χ4v) is 12.6. The summed E-state index contributed by atoms with van der Waals surface area (Å²) in [6.45, 7) is -0.0948. The number of hydrogen-bond acceptors (Lipinski definition) is 6. The molecule has 360 valence electrons. The molecule has 3 aliphatic heterocycles. The van der Waals surface area contributed by atoms with Gasteiger partial charge in [-0.3, -0.25) is 0 Å². The van der Waals surface area contributed by atoms with Gasteiger partial charge >= 0.3 is 0 Å². The third-order valence-electron chi connectivity index (χ3n) is 15.7. The van der Waals surface area contributed by atoms with Crippen molar-refractivity contribution < 1.29 is 0 Å². The molecule has 12 aromatic rings. The average molecular weight is 983 g/mol. The van der Waals surface area contributed by atoms with Crippen molar-refractivity contribution in [1.82, 2.24) is 15.0 Å². The van der Waals surface area contributed by atoms with E-state index in [1.165, 1.54) is 38.6 Å². The fraction of sp³-hybridized carbons (Fsp3) is 0.0143. The van der Waals surface area contributed by atoms with E-state index in [0.29, 0.717) is 17.5 Å². The van der Waals surface area contributed by atoms with Crippen molar-refractivity contribution in [2.24, 2.45) is 0 Å². The molecule has 3 aliphatic rings. The first-order chi connectivity index (χ1) is 38.2. The molecule has 4 heterocycles. The molecule has 0 atom stereocenters. The Bertz CT molecular complexity index is 4060. The molecule has 0 unspecified atom stereocenters. The second kappa shape index (κ2) is 18.1. The van der Waals surface area contributed by atoms with Gasteiger partial charge in [0.2, 0.25) is 6.71 Å². The van der Waals surface area contributed by atoms with E-state index in [0.717, 1.165) is 67.9 Å². The van der Waals surface area contributed by atoms with Gasteiger partial charge in [-0.1, -0.05) is 218 Å². The van der Waals surface area contributed by atoms with Gasteiger partial charge in [0.1, 0.15) is 0 Å². The Morgan fingerprint density at radius 1 is 0.286 bits per heavy atom. The first-order valence-electron chi connectivity index (χ1n) is 26.3. The van der Waals surface area contributed by atoms with Crippen molar-refractivity contribution in [1.29, 1.82) is 0 Å². The van der Waals surface area contributed by atoms with Gasteiger partial charge < -0.3 is 14.7 Å². The molecule has 0 spiro atoms. The van der Waals surface area contributed by atoms with Crippen LogP contribution in [0.1, 0.15) is 22.3 Å². The third kappa shape index (κ3) is 6.94. The lowest BCUT2D eigenvalue weighted by molar-refractivity contribution is 0.750. The predicted octanol–water partition coefficient (Wildman–Crippen LogP) is 15.1. The van der Waals surface area contributed by atoms with Gasteiger partial charge in [-0.15, -0.1) is 0 Å². The van der Waals surface area contributed by atoms with Crippen molar-refractivity contribution in [3.05, 3.63) is 307 Å². The Morgan fingerprint density at radius 2 is 0.675 bits per heavy atom. The molecule has 77 heavy (non-hydrogen) atoms. The summed E-state index contributed by atoms with van der Waals surface area (Å²) in [5.74, 6) is 1.86. The molecule has 15 rings (SSSR count). The van der Waals surface area contributed by atoms with Crippen molar-refractivity contribution in [3.8, 4) is 34.2 Å². The maximum absolute atomic E-state index is 5.14. The van der Waals surface area contributed by atoms with E-state index >= 15 is 0 Å². The molecule has 1 aromatic heterocycles. The highest BCUT2D eigenvalue weighted by Gasteiger charge is 2.54. The molecular weight excluding hydrogens is 936 g/mol. The quantitative estimate of drug-likeness (QED) is 0.141. The van der Waals surface area contributed by atoms with Crippen LogP contribution in [0.25, 0.3) is 34.2 Å². The number of rotatable bonds is 8. The standard InChI is InChI=1S/C70H47BN6/c1-7-25-48(26-8-1)67-72-68(49-27-9-2-10-28-49)74-69(73-67)50-43-45-55(46-44-50)75-61-41-23-24-42-62(61)77(54-35-17-6-18-36-54)65-63(75)47-57-64-66(65)76(53-33-15-5-16-34-53)60-40-22-21-39-59(60)71(64)58-38-20-19-37-56(58)70(57,51-29-11-3-12-30-51)52-31-13-4-14-32-52/h1-47H. The summed E-state index contributed by atoms with van der Waals surface area (Å²) in [5, 5.41) is 0. The van der Waals surface area contributed by atoms with E-state index in [9.17, 15) is 0 Å². The van der Waals surface area contributed by atoms with Crippen LogP contribution in [0, 0.1) is 0 Å². The molecule has 0 saturated heterocycles. The zero-order valence-corrected chi connectivity index (χ0v) is 41.9. The SMILES string of the molecule is c1ccc(-c2nc(-c3ccccc3)nc(-c3ccc(N4c5ccccc5N(c5ccccc5)c5c4cc4c6c5N(c5ccccc5)c5ccccc5B6c5ccccc5C4(c4ccccc4)c4ccccc4)cc3)n2)cc1. The van der Waals surface area contributed by atoms with E-state index in [2.05, 4.69) is 263 Å². The summed E-state index contributed by atoms with van der Waals surface area (Å²) < 4.78 is 0. The average Bonchev–Trinajstić information content (AvgIpc) is 3.64. The highest BCUT2D eigenvalue weighted by Crippen LogP contribution is 2.61. The van der Waals surface area contributed by atoms with Gasteiger partial charge in [0, 0.05) is 39.4 Å². The molecule has 7 heteroatoms. The monoisotopic (exact) mass is 982 g/mol. The molecular formula is C70H47BN6. The van der Waals surface area contributed by atoms with Crippen molar-refractivity contribution in [2.75, 3.05) is 14.7 Å². The zero-order valence-electron chi connectivity index (χ0n) is 41.9. The fourth-order valence-electron chi connectivity index (χ4n) is 12.6. The van der Waals surface area contributed by atoms with Gasteiger partial charge in [0.25, 0.3) is 0 Å². The minimum atomic E-state index is -0.737. The number of nitrogens with zero attached hydrogens (tertiary/aromatic N) is 6. The summed E-state index contributed by atoms with van der Waals surface area (Å²) in [6, 6.07) is 103. The molecule has 0 saturated carbocycles. The van der Waals surface area contributed by atoms with Crippen LogP contribution in [0.3, 0.4) is 0 Å². The number of para-hydroxylation sites is 5. The summed E-state index contributed by atoms with van der Waals surface area (Å²) in [6.07, 6.45) is 0. The maximum Gasteiger partial charge on any atom is 0.247 e. The number of anilines is 9. The largest absolute Gasteiger partial charge is 0.309 e. The van der Waals surface area contributed by atoms with Gasteiger partial charge in [-0.2, -0.15) is 0 Å². The zero-order chi connectivity index (χ0) is 50.9. The van der Waals surface area contributed by atoms with Crippen LogP contribution >= 0.6 is 0 Å². The minimum Gasteiger partial charge on any atom is -0.309 e. The first kappa shape index (κ1) is 44.4. The molecule has 6 nitrogen and oxygen atoms in total. The molecule has 0 aliphatic carbocycles. The Labute approximate surface area is 448 Å². The normalized spacial score (nSPS) is 13.5. The topological polar surface area (TPSA) is 48.4 Å². The summed E-state index contributed by atoms with van der Waals surface area (Å²) >= 11 is 0. The van der Waals surface area contributed by atoms with E-state index in [1.807, 2.05) is 36.4 Å². The van der Waals surface area contributed by atoms with Crippen LogP contribution in [0.2, 0.25) is 0 Å². The molecule has 0 N–H and O–H groups in total. The highest BCUT2D eigenvalue weighted by molar-refractivity contribution is 6.99. The van der Waals surface area contributed by atoms with Gasteiger partial charge in [0.15, 0.2) is 17.5 Å². The van der Waals surface area contributed by atoms with Crippen molar-refractivity contribution >= 4 is 74.3 Å². The lowest BCUT2D eigenvalue weighted by Gasteiger charge is -2.51.